The van der Waals surface area contributed by atoms with E-state index in [1.807, 2.05) is 24.4 Å². The van der Waals surface area contributed by atoms with Crippen LogP contribution in [0.15, 0.2) is 24.4 Å². The zero-order valence-electron chi connectivity index (χ0n) is 9.25. The van der Waals surface area contributed by atoms with Gasteiger partial charge in [-0.2, -0.15) is 0 Å². The molecule has 84 valence electrons. The second kappa shape index (κ2) is 7.66. The van der Waals surface area contributed by atoms with Crippen LogP contribution in [0.5, 0.6) is 0 Å². The molecule has 2 nitrogen and oxygen atoms in total. The third kappa shape index (κ3) is 5.14. The van der Waals surface area contributed by atoms with Crippen LogP contribution in [0.3, 0.4) is 0 Å². The Kier molecular flexibility index (Phi) is 6.37. The number of nitrogens with one attached hydrogen (secondary N) is 1. The van der Waals surface area contributed by atoms with Crippen molar-refractivity contribution in [2.75, 3.05) is 12.4 Å². The number of rotatable bonds is 7. The molecule has 1 N–H and O–H groups in total. The average molecular weight is 227 g/mol. The summed E-state index contributed by atoms with van der Waals surface area (Å²) in [5.74, 6) is 1.44. The van der Waals surface area contributed by atoms with E-state index < -0.39 is 0 Å². The first-order valence-corrected chi connectivity index (χ1v) is 6.06. The molecule has 0 aliphatic heterocycles. The van der Waals surface area contributed by atoms with Crippen LogP contribution in [0, 0.1) is 5.92 Å². The summed E-state index contributed by atoms with van der Waals surface area (Å²) in [6.07, 6.45) is 4.10. The number of hydrogen-bond acceptors (Lipinski definition) is 2. The van der Waals surface area contributed by atoms with Gasteiger partial charge in [-0.15, -0.1) is 11.6 Å². The fourth-order valence-corrected chi connectivity index (χ4v) is 1.82. The first-order valence-electron chi connectivity index (χ1n) is 5.53. The van der Waals surface area contributed by atoms with Crippen molar-refractivity contribution in [2.45, 2.75) is 26.3 Å². The van der Waals surface area contributed by atoms with E-state index in [2.05, 4.69) is 17.2 Å². The van der Waals surface area contributed by atoms with Gasteiger partial charge in [-0.3, -0.25) is 4.98 Å². The fraction of sp³-hybridized carbons (Fsp3) is 0.583. The minimum Gasteiger partial charge on any atom is -0.311 e. The zero-order chi connectivity index (χ0) is 10.9. The zero-order valence-corrected chi connectivity index (χ0v) is 10.0. The number of pyridine rings is 1. The SMILES string of the molecule is CCC(CCCl)CNCc1ccccn1. The summed E-state index contributed by atoms with van der Waals surface area (Å²) >= 11 is 5.73. The summed E-state index contributed by atoms with van der Waals surface area (Å²) in [5, 5.41) is 3.42. The van der Waals surface area contributed by atoms with Crippen LogP contribution >= 0.6 is 11.6 Å². The second-order valence-electron chi connectivity index (χ2n) is 3.70. The van der Waals surface area contributed by atoms with Crippen molar-refractivity contribution in [3.05, 3.63) is 30.1 Å². The Labute approximate surface area is 97.1 Å². The molecule has 0 aliphatic carbocycles. The van der Waals surface area contributed by atoms with Crippen molar-refractivity contribution in [2.24, 2.45) is 5.92 Å². The smallest absolute Gasteiger partial charge is 0.0541 e. The van der Waals surface area contributed by atoms with Crippen LogP contribution in [-0.2, 0) is 6.54 Å². The third-order valence-electron chi connectivity index (χ3n) is 2.56. The highest BCUT2D eigenvalue weighted by molar-refractivity contribution is 6.17. The molecule has 1 aromatic rings. The van der Waals surface area contributed by atoms with Gasteiger partial charge in [0.1, 0.15) is 0 Å². The monoisotopic (exact) mass is 226 g/mol. The fourth-order valence-electron chi connectivity index (χ4n) is 1.51. The van der Waals surface area contributed by atoms with Crippen LogP contribution in [-0.4, -0.2) is 17.4 Å². The molecule has 1 heterocycles. The molecule has 0 radical (unpaired) electrons. The Balaban J connectivity index is 2.20. The van der Waals surface area contributed by atoms with Crippen molar-refractivity contribution in [1.29, 1.82) is 0 Å². The average Bonchev–Trinajstić information content (AvgIpc) is 2.29. The van der Waals surface area contributed by atoms with Gasteiger partial charge in [0.25, 0.3) is 0 Å². The molecule has 1 unspecified atom stereocenters. The van der Waals surface area contributed by atoms with E-state index in [4.69, 9.17) is 11.6 Å². The summed E-state index contributed by atoms with van der Waals surface area (Å²) in [7, 11) is 0. The van der Waals surface area contributed by atoms with E-state index >= 15 is 0 Å². The number of halogens is 1. The van der Waals surface area contributed by atoms with E-state index in [9.17, 15) is 0 Å². The van der Waals surface area contributed by atoms with Gasteiger partial charge in [0, 0.05) is 18.6 Å². The molecule has 0 amide bonds. The van der Waals surface area contributed by atoms with E-state index in [-0.39, 0.29) is 0 Å². The number of nitrogens with zero attached hydrogens (tertiary/aromatic N) is 1. The maximum Gasteiger partial charge on any atom is 0.0541 e. The Hall–Kier alpha value is -0.600. The molecule has 15 heavy (non-hydrogen) atoms. The first kappa shape index (κ1) is 12.5. The van der Waals surface area contributed by atoms with E-state index in [0.717, 1.165) is 31.1 Å². The summed E-state index contributed by atoms with van der Waals surface area (Å²) < 4.78 is 0. The van der Waals surface area contributed by atoms with Crippen molar-refractivity contribution in [3.8, 4) is 0 Å². The van der Waals surface area contributed by atoms with Gasteiger partial charge in [-0.25, -0.2) is 0 Å². The van der Waals surface area contributed by atoms with Gasteiger partial charge in [0.15, 0.2) is 0 Å². The Bertz CT molecular complexity index is 251. The molecule has 0 spiro atoms. The van der Waals surface area contributed by atoms with Crippen molar-refractivity contribution >= 4 is 11.6 Å². The highest BCUT2D eigenvalue weighted by Gasteiger charge is 2.04. The van der Waals surface area contributed by atoms with E-state index in [1.54, 1.807) is 0 Å². The highest BCUT2D eigenvalue weighted by Crippen LogP contribution is 2.07. The third-order valence-corrected chi connectivity index (χ3v) is 2.78. The predicted octanol–water partition coefficient (Wildman–Crippen LogP) is 2.83. The van der Waals surface area contributed by atoms with Crippen molar-refractivity contribution < 1.29 is 0 Å². The first-order chi connectivity index (χ1) is 7.36. The molecule has 0 saturated carbocycles. The molecule has 0 fully saturated rings. The number of alkyl halides is 1. The van der Waals surface area contributed by atoms with Gasteiger partial charge in [0.2, 0.25) is 0 Å². The maximum atomic E-state index is 5.73. The molecule has 1 rings (SSSR count). The van der Waals surface area contributed by atoms with Crippen LogP contribution in [0.2, 0.25) is 0 Å². The van der Waals surface area contributed by atoms with Crippen molar-refractivity contribution in [3.63, 3.8) is 0 Å². The van der Waals surface area contributed by atoms with Crippen LogP contribution in [0.1, 0.15) is 25.5 Å². The minimum atomic E-state index is 0.686. The molecule has 1 aromatic heterocycles. The lowest BCUT2D eigenvalue weighted by Crippen LogP contribution is -2.22. The van der Waals surface area contributed by atoms with Gasteiger partial charge in [0.05, 0.1) is 5.69 Å². The molecule has 0 saturated heterocycles. The van der Waals surface area contributed by atoms with Gasteiger partial charge in [-0.05, 0) is 31.0 Å². The lowest BCUT2D eigenvalue weighted by molar-refractivity contribution is 0.450. The normalized spacial score (nSPS) is 12.7. The quantitative estimate of drug-likeness (QED) is 0.724. The Morgan fingerprint density at radius 3 is 2.93 bits per heavy atom. The van der Waals surface area contributed by atoms with Gasteiger partial charge >= 0.3 is 0 Å². The Morgan fingerprint density at radius 2 is 2.33 bits per heavy atom. The summed E-state index contributed by atoms with van der Waals surface area (Å²) in [4.78, 5) is 4.26. The topological polar surface area (TPSA) is 24.9 Å². The standard InChI is InChI=1S/C12H19ClN2/c1-2-11(6-7-13)9-14-10-12-5-3-4-8-15-12/h3-5,8,11,14H,2,6-7,9-10H2,1H3. The molecule has 3 heteroatoms. The number of hydrogen-bond donors (Lipinski definition) is 1. The van der Waals surface area contributed by atoms with Crippen molar-refractivity contribution in [1.82, 2.24) is 10.3 Å². The molecular formula is C12H19ClN2. The summed E-state index contributed by atoms with van der Waals surface area (Å²) in [6.45, 7) is 4.08. The summed E-state index contributed by atoms with van der Waals surface area (Å²) in [5.41, 5.74) is 1.10. The van der Waals surface area contributed by atoms with E-state index in [0.29, 0.717) is 5.92 Å². The largest absolute Gasteiger partial charge is 0.311 e. The molecule has 0 aromatic carbocycles. The van der Waals surface area contributed by atoms with Gasteiger partial charge in [-0.1, -0.05) is 19.4 Å². The van der Waals surface area contributed by atoms with E-state index in [1.165, 1.54) is 6.42 Å². The molecule has 1 atom stereocenters. The second-order valence-corrected chi connectivity index (χ2v) is 4.08. The highest BCUT2D eigenvalue weighted by atomic mass is 35.5. The number of aromatic nitrogens is 1. The molecule has 0 aliphatic rings. The van der Waals surface area contributed by atoms with Gasteiger partial charge < -0.3 is 5.32 Å². The summed E-state index contributed by atoms with van der Waals surface area (Å²) in [6, 6.07) is 5.99. The Morgan fingerprint density at radius 1 is 1.47 bits per heavy atom. The van der Waals surface area contributed by atoms with Crippen LogP contribution < -0.4 is 5.32 Å². The lowest BCUT2D eigenvalue weighted by atomic mass is 10.0. The van der Waals surface area contributed by atoms with Crippen LogP contribution in [0.4, 0.5) is 0 Å². The van der Waals surface area contributed by atoms with Crippen LogP contribution in [0.25, 0.3) is 0 Å². The maximum absolute atomic E-state index is 5.73. The predicted molar refractivity (Wildman–Crippen MR) is 65.1 cm³/mol. The molecule has 0 bridgehead atoms. The minimum absolute atomic E-state index is 0.686. The lowest BCUT2D eigenvalue weighted by Gasteiger charge is -2.13. The molecular weight excluding hydrogens is 208 g/mol.